The number of rotatable bonds is 7. The maximum atomic E-state index is 13.6. The minimum Gasteiger partial charge on any atom is -0.495 e. The normalized spacial score (nSPS) is 16.8. The number of hydrogen-bond donors (Lipinski definition) is 1. The molecule has 1 amide bonds. The van der Waals surface area contributed by atoms with Crippen LogP contribution in [0.4, 0.5) is 14.5 Å². The van der Waals surface area contributed by atoms with Crippen molar-refractivity contribution in [2.75, 3.05) is 25.6 Å². The molecule has 0 aliphatic carbocycles. The molecule has 1 heterocycles. The van der Waals surface area contributed by atoms with Crippen LogP contribution in [0.15, 0.2) is 41.3 Å². The third-order valence-corrected chi connectivity index (χ3v) is 7.30. The first-order valence-corrected chi connectivity index (χ1v) is 11.7. The fraction of sp³-hybridized carbons (Fsp3) is 0.364. The number of ether oxygens (including phenoxy) is 2. The summed E-state index contributed by atoms with van der Waals surface area (Å²) in [6.45, 7) is 1.43. The molecular weight excluding hydrogens is 458 g/mol. The van der Waals surface area contributed by atoms with Crippen molar-refractivity contribution >= 4 is 27.6 Å². The number of benzene rings is 2. The van der Waals surface area contributed by atoms with Gasteiger partial charge < -0.3 is 14.8 Å². The van der Waals surface area contributed by atoms with Crippen LogP contribution in [0.2, 0.25) is 0 Å². The minimum absolute atomic E-state index is 0.0776. The average molecular weight is 483 g/mol. The highest BCUT2D eigenvalue weighted by Gasteiger charge is 2.33. The Labute approximate surface area is 190 Å². The fourth-order valence-corrected chi connectivity index (χ4v) is 5.43. The first kappa shape index (κ1) is 24.6. The third-order valence-electron chi connectivity index (χ3n) is 5.27. The number of amides is 1. The SMILES string of the molecule is COc1ccc(C(=O)OCC(=O)Nc2ccc(F)cc2F)cc1S(=O)(=O)N1CCCCC1C. The molecule has 33 heavy (non-hydrogen) atoms. The molecular formula is C22H24F2N2O6S. The number of methoxy groups -OCH3 is 1. The summed E-state index contributed by atoms with van der Waals surface area (Å²) >= 11 is 0. The van der Waals surface area contributed by atoms with E-state index >= 15 is 0 Å². The highest BCUT2D eigenvalue weighted by Crippen LogP contribution is 2.31. The summed E-state index contributed by atoms with van der Waals surface area (Å²) < 4.78 is 64.6. The van der Waals surface area contributed by atoms with Gasteiger partial charge >= 0.3 is 5.97 Å². The number of carbonyl (C=O) groups excluding carboxylic acids is 2. The average Bonchev–Trinajstić information content (AvgIpc) is 2.79. The van der Waals surface area contributed by atoms with E-state index in [1.807, 2.05) is 6.92 Å². The van der Waals surface area contributed by atoms with Crippen LogP contribution >= 0.6 is 0 Å². The molecule has 0 bridgehead atoms. The van der Waals surface area contributed by atoms with Crippen LogP contribution in [0, 0.1) is 11.6 Å². The van der Waals surface area contributed by atoms with Crippen molar-refractivity contribution in [3.8, 4) is 5.75 Å². The van der Waals surface area contributed by atoms with E-state index in [0.717, 1.165) is 37.5 Å². The van der Waals surface area contributed by atoms with Gasteiger partial charge in [-0.3, -0.25) is 4.79 Å². The number of nitrogens with zero attached hydrogens (tertiary/aromatic N) is 1. The van der Waals surface area contributed by atoms with E-state index in [0.29, 0.717) is 12.6 Å². The summed E-state index contributed by atoms with van der Waals surface area (Å²) in [7, 11) is -2.62. The Balaban J connectivity index is 1.74. The van der Waals surface area contributed by atoms with Crippen molar-refractivity contribution in [2.24, 2.45) is 0 Å². The lowest BCUT2D eigenvalue weighted by Crippen LogP contribution is -2.42. The summed E-state index contributed by atoms with van der Waals surface area (Å²) in [4.78, 5) is 24.3. The molecule has 0 saturated carbocycles. The predicted molar refractivity (Wildman–Crippen MR) is 115 cm³/mol. The van der Waals surface area contributed by atoms with Gasteiger partial charge in [-0.1, -0.05) is 6.42 Å². The third kappa shape index (κ3) is 5.66. The molecule has 1 fully saturated rings. The van der Waals surface area contributed by atoms with Gasteiger partial charge in [-0.25, -0.2) is 22.0 Å². The Morgan fingerprint density at radius 3 is 2.58 bits per heavy atom. The van der Waals surface area contributed by atoms with Gasteiger partial charge in [0.1, 0.15) is 22.3 Å². The molecule has 3 rings (SSSR count). The van der Waals surface area contributed by atoms with Crippen molar-refractivity contribution in [1.82, 2.24) is 4.31 Å². The van der Waals surface area contributed by atoms with E-state index < -0.39 is 40.1 Å². The van der Waals surface area contributed by atoms with Gasteiger partial charge in [-0.2, -0.15) is 4.31 Å². The molecule has 0 radical (unpaired) electrons. The van der Waals surface area contributed by atoms with Crippen LogP contribution in [0.25, 0.3) is 0 Å². The van der Waals surface area contributed by atoms with E-state index in [4.69, 9.17) is 9.47 Å². The quantitative estimate of drug-likeness (QED) is 0.608. The summed E-state index contributed by atoms with van der Waals surface area (Å²) in [5, 5.41) is 2.17. The Kier molecular flexibility index (Phi) is 7.65. The molecule has 1 atom stereocenters. The Bertz CT molecular complexity index is 1160. The molecule has 1 unspecified atom stereocenters. The van der Waals surface area contributed by atoms with Gasteiger partial charge in [0.25, 0.3) is 5.91 Å². The maximum Gasteiger partial charge on any atom is 0.338 e. The van der Waals surface area contributed by atoms with E-state index in [-0.39, 0.29) is 27.9 Å². The van der Waals surface area contributed by atoms with Gasteiger partial charge in [0.2, 0.25) is 10.0 Å². The molecule has 0 aromatic heterocycles. The molecule has 1 saturated heterocycles. The molecule has 11 heteroatoms. The highest BCUT2D eigenvalue weighted by atomic mass is 32.2. The molecule has 0 spiro atoms. The fourth-order valence-electron chi connectivity index (χ4n) is 3.55. The van der Waals surface area contributed by atoms with Crippen molar-refractivity contribution in [3.05, 3.63) is 53.6 Å². The zero-order valence-corrected chi connectivity index (χ0v) is 19.0. The number of carbonyl (C=O) groups is 2. The number of esters is 1. The molecule has 8 nitrogen and oxygen atoms in total. The molecule has 2 aromatic carbocycles. The van der Waals surface area contributed by atoms with Crippen LogP contribution in [-0.2, 0) is 19.6 Å². The molecule has 1 aliphatic rings. The lowest BCUT2D eigenvalue weighted by Gasteiger charge is -2.32. The zero-order chi connectivity index (χ0) is 24.2. The van der Waals surface area contributed by atoms with E-state index in [9.17, 15) is 26.8 Å². The second-order valence-corrected chi connectivity index (χ2v) is 9.43. The predicted octanol–water partition coefficient (Wildman–Crippen LogP) is 3.33. The Morgan fingerprint density at radius 1 is 1.15 bits per heavy atom. The van der Waals surface area contributed by atoms with Crippen molar-refractivity contribution < 1.29 is 36.3 Å². The van der Waals surface area contributed by atoms with Gasteiger partial charge in [0.15, 0.2) is 6.61 Å². The maximum absolute atomic E-state index is 13.6. The van der Waals surface area contributed by atoms with E-state index in [1.54, 1.807) is 0 Å². The van der Waals surface area contributed by atoms with Crippen LogP contribution < -0.4 is 10.1 Å². The van der Waals surface area contributed by atoms with E-state index in [1.165, 1.54) is 23.5 Å². The summed E-state index contributed by atoms with van der Waals surface area (Å²) in [6, 6.07) is 6.21. The number of sulfonamides is 1. The molecule has 1 aliphatic heterocycles. The van der Waals surface area contributed by atoms with Crippen molar-refractivity contribution in [1.29, 1.82) is 0 Å². The Morgan fingerprint density at radius 2 is 1.91 bits per heavy atom. The van der Waals surface area contributed by atoms with Crippen LogP contribution in [0.3, 0.4) is 0 Å². The topological polar surface area (TPSA) is 102 Å². The number of piperidine rings is 1. The monoisotopic (exact) mass is 482 g/mol. The Hall–Kier alpha value is -3.05. The van der Waals surface area contributed by atoms with E-state index in [2.05, 4.69) is 5.32 Å². The van der Waals surface area contributed by atoms with Gasteiger partial charge in [-0.05, 0) is 50.1 Å². The summed E-state index contributed by atoms with van der Waals surface area (Å²) in [5.41, 5.74) is -0.370. The standard InChI is InChI=1S/C22H24F2N2O6S/c1-14-5-3-4-10-26(14)33(29,30)20-11-15(6-9-19(20)31-2)22(28)32-13-21(27)25-18-8-7-16(23)12-17(18)24/h6-9,11-12,14H,3-5,10,13H2,1-2H3,(H,25,27). The summed E-state index contributed by atoms with van der Waals surface area (Å²) in [6.07, 6.45) is 2.39. The number of nitrogens with one attached hydrogen (secondary N) is 1. The van der Waals surface area contributed by atoms with Gasteiger partial charge in [0.05, 0.1) is 18.4 Å². The summed E-state index contributed by atoms with van der Waals surface area (Å²) in [5.74, 6) is -3.51. The van der Waals surface area contributed by atoms with Crippen LogP contribution in [0.1, 0.15) is 36.5 Å². The van der Waals surface area contributed by atoms with Crippen molar-refractivity contribution in [3.63, 3.8) is 0 Å². The molecule has 1 N–H and O–H groups in total. The number of anilines is 1. The second kappa shape index (κ2) is 10.3. The first-order chi connectivity index (χ1) is 15.6. The van der Waals surface area contributed by atoms with Crippen molar-refractivity contribution in [2.45, 2.75) is 37.1 Å². The minimum atomic E-state index is -3.94. The zero-order valence-electron chi connectivity index (χ0n) is 18.1. The molecule has 178 valence electrons. The van der Waals surface area contributed by atoms with Gasteiger partial charge in [0, 0.05) is 18.7 Å². The highest BCUT2D eigenvalue weighted by molar-refractivity contribution is 7.89. The number of hydrogen-bond acceptors (Lipinski definition) is 6. The van der Waals surface area contributed by atoms with Crippen LogP contribution in [0.5, 0.6) is 5.75 Å². The lowest BCUT2D eigenvalue weighted by molar-refractivity contribution is -0.119. The second-order valence-electron chi connectivity index (χ2n) is 7.57. The van der Waals surface area contributed by atoms with Crippen LogP contribution in [-0.4, -0.2) is 50.9 Å². The number of halogens is 2. The molecule has 2 aromatic rings. The largest absolute Gasteiger partial charge is 0.495 e. The lowest BCUT2D eigenvalue weighted by atomic mass is 10.1. The first-order valence-electron chi connectivity index (χ1n) is 10.3. The van der Waals surface area contributed by atoms with Gasteiger partial charge in [-0.15, -0.1) is 0 Å². The smallest absolute Gasteiger partial charge is 0.338 e.